The number of halogens is 2. The molecule has 0 bridgehead atoms. The van der Waals surface area contributed by atoms with E-state index in [2.05, 4.69) is 15.3 Å². The molecule has 0 fully saturated rings. The summed E-state index contributed by atoms with van der Waals surface area (Å²) in [6.45, 7) is -0.228. The number of hydrogen-bond donors (Lipinski definition) is 3. The van der Waals surface area contributed by atoms with Crippen molar-refractivity contribution in [2.75, 3.05) is 13.2 Å². The molecule has 25 heavy (non-hydrogen) atoms. The van der Waals surface area contributed by atoms with Crippen LogP contribution in [0.15, 0.2) is 42.7 Å². The number of H-pyrrole nitrogens is 1. The van der Waals surface area contributed by atoms with Crippen molar-refractivity contribution in [3.05, 3.63) is 59.9 Å². The monoisotopic (exact) mass is 347 g/mol. The minimum atomic E-state index is -1.03. The van der Waals surface area contributed by atoms with Gasteiger partial charge in [0.15, 0.2) is 11.6 Å². The number of imidazole rings is 1. The summed E-state index contributed by atoms with van der Waals surface area (Å²) in [6.07, 6.45) is 0.527. The first-order chi connectivity index (χ1) is 12.0. The topological polar surface area (TPSA) is 87.2 Å². The van der Waals surface area contributed by atoms with Crippen LogP contribution in [0.5, 0.6) is 5.75 Å². The Morgan fingerprint density at radius 1 is 1.24 bits per heavy atom. The fraction of sp³-hybridized carbons (Fsp3) is 0.176. The Labute approximate surface area is 141 Å². The molecule has 1 amide bonds. The highest BCUT2D eigenvalue weighted by Gasteiger charge is 2.11. The van der Waals surface area contributed by atoms with Gasteiger partial charge in [-0.25, -0.2) is 13.8 Å². The van der Waals surface area contributed by atoms with E-state index in [1.807, 2.05) is 0 Å². The van der Waals surface area contributed by atoms with Gasteiger partial charge in [0, 0.05) is 18.2 Å². The molecule has 0 radical (unpaired) electrons. The number of carbonyl (C=O) groups is 1. The van der Waals surface area contributed by atoms with Gasteiger partial charge in [0.05, 0.1) is 17.4 Å². The van der Waals surface area contributed by atoms with Crippen LogP contribution in [-0.4, -0.2) is 40.2 Å². The molecule has 0 aliphatic heterocycles. The molecule has 3 N–H and O–H groups in total. The number of amides is 1. The molecule has 0 spiro atoms. The van der Waals surface area contributed by atoms with E-state index in [0.29, 0.717) is 5.56 Å². The number of fused-ring (bicyclic) bond motifs is 1. The molecule has 2 aromatic carbocycles. The predicted octanol–water partition coefficient (Wildman–Crippen LogP) is 2.01. The third-order valence-electron chi connectivity index (χ3n) is 3.51. The molecule has 0 saturated heterocycles. The summed E-state index contributed by atoms with van der Waals surface area (Å²) in [6, 6.07) is 8.07. The van der Waals surface area contributed by atoms with E-state index in [1.54, 1.807) is 18.2 Å². The first-order valence-electron chi connectivity index (χ1n) is 7.50. The largest absolute Gasteiger partial charge is 0.491 e. The molecule has 0 aliphatic rings. The molecule has 6 nitrogen and oxygen atoms in total. The number of aliphatic hydroxyl groups is 1. The van der Waals surface area contributed by atoms with E-state index < -0.39 is 17.7 Å². The Kier molecular flexibility index (Phi) is 4.90. The summed E-state index contributed by atoms with van der Waals surface area (Å²) in [5, 5.41) is 12.4. The Balaban J connectivity index is 1.50. The van der Waals surface area contributed by atoms with Gasteiger partial charge in [-0.15, -0.1) is 0 Å². The average molecular weight is 347 g/mol. The van der Waals surface area contributed by atoms with Crippen molar-refractivity contribution in [2.45, 2.75) is 6.10 Å². The molecule has 3 aromatic rings. The van der Waals surface area contributed by atoms with E-state index in [4.69, 9.17) is 4.74 Å². The number of aromatic amines is 1. The molecule has 1 unspecified atom stereocenters. The second kappa shape index (κ2) is 7.27. The lowest BCUT2D eigenvalue weighted by Crippen LogP contribution is -2.35. The van der Waals surface area contributed by atoms with Crippen molar-refractivity contribution < 1.29 is 23.4 Å². The van der Waals surface area contributed by atoms with Gasteiger partial charge in [0.1, 0.15) is 18.5 Å². The van der Waals surface area contributed by atoms with Crippen LogP contribution in [0.4, 0.5) is 8.78 Å². The fourth-order valence-electron chi connectivity index (χ4n) is 2.21. The lowest BCUT2D eigenvalue weighted by atomic mass is 10.2. The summed E-state index contributed by atoms with van der Waals surface area (Å²) in [5.41, 5.74) is 1.90. The van der Waals surface area contributed by atoms with E-state index in [1.165, 1.54) is 12.4 Å². The standard InChI is InChI=1S/C17H15F2N3O3/c18-13-3-2-12(6-14(13)19)25-8-11(23)7-20-17(24)10-1-4-15-16(5-10)22-9-21-15/h1-6,9,11,23H,7-8H2,(H,20,24)(H,21,22). The number of carbonyl (C=O) groups excluding carboxylic acids is 1. The zero-order valence-corrected chi connectivity index (χ0v) is 13.0. The summed E-state index contributed by atoms with van der Waals surface area (Å²) in [7, 11) is 0. The predicted molar refractivity (Wildman–Crippen MR) is 86.3 cm³/mol. The van der Waals surface area contributed by atoms with Crippen LogP contribution in [0.1, 0.15) is 10.4 Å². The Hall–Kier alpha value is -3.00. The average Bonchev–Trinajstić information content (AvgIpc) is 3.08. The minimum absolute atomic E-state index is 0.0521. The van der Waals surface area contributed by atoms with Gasteiger partial charge in [-0.05, 0) is 30.3 Å². The van der Waals surface area contributed by atoms with Crippen LogP contribution in [0, 0.1) is 11.6 Å². The SMILES string of the molecule is O=C(NCC(O)COc1ccc(F)c(F)c1)c1ccc2nc[nH]c2c1. The number of nitrogens with one attached hydrogen (secondary N) is 2. The molecule has 0 aliphatic carbocycles. The Morgan fingerprint density at radius 2 is 2.08 bits per heavy atom. The number of rotatable bonds is 6. The van der Waals surface area contributed by atoms with Crippen molar-refractivity contribution in [3.8, 4) is 5.75 Å². The third-order valence-corrected chi connectivity index (χ3v) is 3.51. The molecule has 1 heterocycles. The normalized spacial score (nSPS) is 12.1. The fourth-order valence-corrected chi connectivity index (χ4v) is 2.21. The van der Waals surface area contributed by atoms with Crippen molar-refractivity contribution in [1.82, 2.24) is 15.3 Å². The molecular weight excluding hydrogens is 332 g/mol. The summed E-state index contributed by atoms with van der Waals surface area (Å²) in [5.74, 6) is -2.28. The number of hydrogen-bond acceptors (Lipinski definition) is 4. The van der Waals surface area contributed by atoms with E-state index in [-0.39, 0.29) is 24.8 Å². The highest BCUT2D eigenvalue weighted by Crippen LogP contribution is 2.15. The maximum absolute atomic E-state index is 13.1. The van der Waals surface area contributed by atoms with Crippen LogP contribution < -0.4 is 10.1 Å². The van der Waals surface area contributed by atoms with Crippen LogP contribution >= 0.6 is 0 Å². The van der Waals surface area contributed by atoms with E-state index in [9.17, 15) is 18.7 Å². The molecule has 1 atom stereocenters. The quantitative estimate of drug-likeness (QED) is 0.637. The number of aliphatic hydroxyl groups excluding tert-OH is 1. The van der Waals surface area contributed by atoms with Gasteiger partial charge in [-0.1, -0.05) is 0 Å². The van der Waals surface area contributed by atoms with Gasteiger partial charge in [-0.2, -0.15) is 0 Å². The van der Waals surface area contributed by atoms with Gasteiger partial charge >= 0.3 is 0 Å². The molecule has 3 rings (SSSR count). The van der Waals surface area contributed by atoms with E-state index in [0.717, 1.165) is 23.2 Å². The second-order valence-electron chi connectivity index (χ2n) is 5.39. The van der Waals surface area contributed by atoms with Crippen LogP contribution in [0.25, 0.3) is 11.0 Å². The lowest BCUT2D eigenvalue weighted by Gasteiger charge is -2.13. The zero-order valence-electron chi connectivity index (χ0n) is 13.0. The maximum Gasteiger partial charge on any atom is 0.251 e. The van der Waals surface area contributed by atoms with E-state index >= 15 is 0 Å². The summed E-state index contributed by atoms with van der Waals surface area (Å²) in [4.78, 5) is 19.1. The van der Waals surface area contributed by atoms with Crippen LogP contribution in [-0.2, 0) is 0 Å². The van der Waals surface area contributed by atoms with Crippen molar-refractivity contribution in [2.24, 2.45) is 0 Å². The Bertz CT molecular complexity index is 898. The smallest absolute Gasteiger partial charge is 0.251 e. The minimum Gasteiger partial charge on any atom is -0.491 e. The lowest BCUT2D eigenvalue weighted by molar-refractivity contribution is 0.0843. The number of benzene rings is 2. The number of ether oxygens (including phenoxy) is 1. The highest BCUT2D eigenvalue weighted by atomic mass is 19.2. The van der Waals surface area contributed by atoms with Crippen molar-refractivity contribution in [1.29, 1.82) is 0 Å². The summed E-state index contributed by atoms with van der Waals surface area (Å²) < 4.78 is 31.0. The van der Waals surface area contributed by atoms with Gasteiger partial charge < -0.3 is 20.1 Å². The maximum atomic E-state index is 13.1. The summed E-state index contributed by atoms with van der Waals surface area (Å²) >= 11 is 0. The third kappa shape index (κ3) is 4.10. The van der Waals surface area contributed by atoms with Gasteiger partial charge in [0.25, 0.3) is 5.91 Å². The van der Waals surface area contributed by atoms with Crippen molar-refractivity contribution >= 4 is 16.9 Å². The Morgan fingerprint density at radius 3 is 2.88 bits per heavy atom. The molecule has 0 saturated carbocycles. The molecule has 8 heteroatoms. The highest BCUT2D eigenvalue weighted by molar-refractivity contribution is 5.97. The first kappa shape index (κ1) is 16.8. The zero-order chi connectivity index (χ0) is 17.8. The second-order valence-corrected chi connectivity index (χ2v) is 5.39. The molecular formula is C17H15F2N3O3. The van der Waals surface area contributed by atoms with Crippen LogP contribution in [0.3, 0.4) is 0 Å². The molecule has 1 aromatic heterocycles. The van der Waals surface area contributed by atoms with Gasteiger partial charge in [0.2, 0.25) is 0 Å². The number of aromatic nitrogens is 2. The van der Waals surface area contributed by atoms with Crippen LogP contribution in [0.2, 0.25) is 0 Å². The molecule has 130 valence electrons. The number of nitrogens with zero attached hydrogens (tertiary/aromatic N) is 1. The van der Waals surface area contributed by atoms with Crippen molar-refractivity contribution in [3.63, 3.8) is 0 Å². The first-order valence-corrected chi connectivity index (χ1v) is 7.50. The van der Waals surface area contributed by atoms with Gasteiger partial charge in [-0.3, -0.25) is 4.79 Å².